The van der Waals surface area contributed by atoms with Crippen molar-refractivity contribution in [2.24, 2.45) is 0 Å². The van der Waals surface area contributed by atoms with Gasteiger partial charge in [-0.05, 0) is 23.8 Å². The number of para-hydroxylation sites is 1. The van der Waals surface area contributed by atoms with E-state index in [0.29, 0.717) is 11.3 Å². The molecule has 2 aromatic carbocycles. The zero-order chi connectivity index (χ0) is 17.2. The number of carbonyl (C=O) groups excluding carboxylic acids is 1. The molecule has 1 heterocycles. The minimum atomic E-state index is -3.51. The van der Waals surface area contributed by atoms with Crippen molar-refractivity contribution in [3.8, 4) is 0 Å². The van der Waals surface area contributed by atoms with Crippen LogP contribution >= 0.6 is 0 Å². The number of hydrogen-bond acceptors (Lipinski definition) is 4. The molecule has 1 N–H and O–H groups in total. The maximum atomic E-state index is 12.6. The Morgan fingerprint density at radius 1 is 1.04 bits per heavy atom. The topological polar surface area (TPSA) is 76.2 Å². The van der Waals surface area contributed by atoms with E-state index in [2.05, 4.69) is 4.98 Å². The van der Waals surface area contributed by atoms with Crippen molar-refractivity contribution in [1.29, 1.82) is 0 Å². The van der Waals surface area contributed by atoms with Gasteiger partial charge in [-0.3, -0.25) is 4.79 Å². The van der Waals surface area contributed by atoms with Gasteiger partial charge in [0.25, 0.3) is 0 Å². The van der Waals surface area contributed by atoms with Gasteiger partial charge in [0.15, 0.2) is 9.84 Å². The molecule has 0 fully saturated rings. The molecule has 0 spiro atoms. The summed E-state index contributed by atoms with van der Waals surface area (Å²) in [7, 11) is -2.19. The van der Waals surface area contributed by atoms with Crippen LogP contribution in [0.25, 0.3) is 10.9 Å². The van der Waals surface area contributed by atoms with Crippen LogP contribution in [-0.4, -0.2) is 26.5 Å². The minimum absolute atomic E-state index is 0.0279. The highest BCUT2D eigenvalue weighted by molar-refractivity contribution is 7.90. The van der Waals surface area contributed by atoms with Crippen molar-refractivity contribution in [3.05, 3.63) is 65.9 Å². The molecule has 0 aliphatic rings. The minimum Gasteiger partial charge on any atom is -0.469 e. The fourth-order valence-electron chi connectivity index (χ4n) is 2.70. The number of esters is 1. The number of benzene rings is 2. The third kappa shape index (κ3) is 3.19. The van der Waals surface area contributed by atoms with Gasteiger partial charge in [-0.2, -0.15) is 0 Å². The number of ether oxygens (including phenoxy) is 1. The summed E-state index contributed by atoms with van der Waals surface area (Å²) in [5, 5.41) is 0.834. The summed E-state index contributed by atoms with van der Waals surface area (Å²) in [4.78, 5) is 15.1. The van der Waals surface area contributed by atoms with E-state index in [1.165, 1.54) is 7.11 Å². The Kier molecular flexibility index (Phi) is 4.40. The first-order chi connectivity index (χ1) is 11.5. The largest absolute Gasteiger partial charge is 0.469 e. The molecule has 0 aliphatic heterocycles. The first-order valence-electron chi connectivity index (χ1n) is 7.44. The van der Waals surface area contributed by atoms with E-state index in [-0.39, 0.29) is 17.1 Å². The number of aromatic amines is 1. The van der Waals surface area contributed by atoms with Gasteiger partial charge in [-0.25, -0.2) is 8.42 Å². The molecule has 0 radical (unpaired) electrons. The predicted molar refractivity (Wildman–Crippen MR) is 91.4 cm³/mol. The summed E-state index contributed by atoms with van der Waals surface area (Å²) in [6, 6.07) is 15.7. The number of H-pyrrole nitrogens is 1. The number of carbonyl (C=O) groups is 1. The SMILES string of the molecule is COC(=O)Cc1c(CS(=O)(=O)c2ccccc2)[nH]c2ccccc12. The third-order valence-corrected chi connectivity index (χ3v) is 5.55. The van der Waals surface area contributed by atoms with Crippen molar-refractivity contribution < 1.29 is 17.9 Å². The second-order valence-electron chi connectivity index (χ2n) is 5.45. The van der Waals surface area contributed by atoms with Crippen LogP contribution in [0.2, 0.25) is 0 Å². The average Bonchev–Trinajstić information content (AvgIpc) is 2.92. The number of sulfone groups is 1. The number of fused-ring (bicyclic) bond motifs is 1. The lowest BCUT2D eigenvalue weighted by atomic mass is 10.1. The smallest absolute Gasteiger partial charge is 0.310 e. The molecule has 124 valence electrons. The van der Waals surface area contributed by atoms with E-state index in [1.807, 2.05) is 24.3 Å². The third-order valence-electron chi connectivity index (χ3n) is 3.89. The van der Waals surface area contributed by atoms with Crippen LogP contribution in [0.15, 0.2) is 59.5 Å². The van der Waals surface area contributed by atoms with E-state index in [4.69, 9.17) is 4.74 Å². The summed E-state index contributed by atoms with van der Waals surface area (Å²) < 4.78 is 30.0. The van der Waals surface area contributed by atoms with Gasteiger partial charge in [-0.15, -0.1) is 0 Å². The van der Waals surface area contributed by atoms with E-state index >= 15 is 0 Å². The number of aromatic nitrogens is 1. The summed E-state index contributed by atoms with van der Waals surface area (Å²) in [5.74, 6) is -0.601. The van der Waals surface area contributed by atoms with Crippen LogP contribution in [-0.2, 0) is 31.5 Å². The lowest BCUT2D eigenvalue weighted by molar-refractivity contribution is -0.139. The van der Waals surface area contributed by atoms with Crippen molar-refractivity contribution in [3.63, 3.8) is 0 Å². The first-order valence-corrected chi connectivity index (χ1v) is 9.09. The second-order valence-corrected chi connectivity index (χ2v) is 7.44. The van der Waals surface area contributed by atoms with Crippen LogP contribution < -0.4 is 0 Å². The highest BCUT2D eigenvalue weighted by Crippen LogP contribution is 2.26. The fraction of sp³-hybridized carbons (Fsp3) is 0.167. The van der Waals surface area contributed by atoms with Crippen molar-refractivity contribution in [1.82, 2.24) is 4.98 Å². The van der Waals surface area contributed by atoms with Gasteiger partial charge in [0, 0.05) is 16.6 Å². The summed E-state index contributed by atoms with van der Waals surface area (Å²) in [6.07, 6.45) is 0.0279. The Balaban J connectivity index is 2.06. The molecule has 3 rings (SSSR count). The van der Waals surface area contributed by atoms with Gasteiger partial charge in [0.1, 0.15) is 0 Å². The Bertz CT molecular complexity index is 975. The van der Waals surface area contributed by atoms with Crippen LogP contribution in [0.4, 0.5) is 0 Å². The summed E-state index contributed by atoms with van der Waals surface area (Å²) in [6.45, 7) is 0. The van der Waals surface area contributed by atoms with E-state index in [0.717, 1.165) is 10.9 Å². The number of hydrogen-bond donors (Lipinski definition) is 1. The number of nitrogens with one attached hydrogen (secondary N) is 1. The fourth-order valence-corrected chi connectivity index (χ4v) is 4.06. The molecular weight excluding hydrogens is 326 g/mol. The Morgan fingerprint density at radius 2 is 1.71 bits per heavy atom. The highest BCUT2D eigenvalue weighted by Gasteiger charge is 2.21. The number of methoxy groups -OCH3 is 1. The van der Waals surface area contributed by atoms with Gasteiger partial charge in [0.05, 0.1) is 24.2 Å². The molecule has 6 heteroatoms. The van der Waals surface area contributed by atoms with E-state index in [1.54, 1.807) is 30.3 Å². The van der Waals surface area contributed by atoms with Crippen LogP contribution in [0, 0.1) is 0 Å². The first kappa shape index (κ1) is 16.3. The molecule has 0 amide bonds. The lowest BCUT2D eigenvalue weighted by Crippen LogP contribution is -2.10. The normalized spacial score (nSPS) is 11.5. The van der Waals surface area contributed by atoms with Gasteiger partial charge in [0.2, 0.25) is 0 Å². The lowest BCUT2D eigenvalue weighted by Gasteiger charge is -2.06. The molecule has 0 unspecified atom stereocenters. The van der Waals surface area contributed by atoms with Crippen molar-refractivity contribution in [2.45, 2.75) is 17.1 Å². The zero-order valence-electron chi connectivity index (χ0n) is 13.2. The highest BCUT2D eigenvalue weighted by atomic mass is 32.2. The van der Waals surface area contributed by atoms with E-state index < -0.39 is 15.8 Å². The molecule has 0 saturated heterocycles. The average molecular weight is 343 g/mol. The van der Waals surface area contributed by atoms with Crippen molar-refractivity contribution in [2.75, 3.05) is 7.11 Å². The molecular formula is C18H17NO4S. The van der Waals surface area contributed by atoms with Crippen LogP contribution in [0.1, 0.15) is 11.3 Å². The monoisotopic (exact) mass is 343 g/mol. The van der Waals surface area contributed by atoms with Gasteiger partial charge >= 0.3 is 5.97 Å². The van der Waals surface area contributed by atoms with Crippen LogP contribution in [0.3, 0.4) is 0 Å². The molecule has 0 aliphatic carbocycles. The molecule has 0 bridgehead atoms. The molecule has 1 aromatic heterocycles. The maximum Gasteiger partial charge on any atom is 0.310 e. The van der Waals surface area contributed by atoms with Crippen LogP contribution in [0.5, 0.6) is 0 Å². The number of rotatable bonds is 5. The maximum absolute atomic E-state index is 12.6. The molecule has 0 saturated carbocycles. The molecule has 24 heavy (non-hydrogen) atoms. The Labute approximate surface area is 140 Å². The second kappa shape index (κ2) is 6.49. The van der Waals surface area contributed by atoms with E-state index in [9.17, 15) is 13.2 Å². The zero-order valence-corrected chi connectivity index (χ0v) is 14.0. The predicted octanol–water partition coefficient (Wildman–Crippen LogP) is 2.86. The Hall–Kier alpha value is -2.60. The quantitative estimate of drug-likeness (QED) is 0.723. The Morgan fingerprint density at radius 3 is 2.42 bits per heavy atom. The summed E-state index contributed by atoms with van der Waals surface area (Å²) >= 11 is 0. The molecule has 0 atom stereocenters. The molecule has 3 aromatic rings. The van der Waals surface area contributed by atoms with Crippen molar-refractivity contribution >= 4 is 26.7 Å². The molecule has 5 nitrogen and oxygen atoms in total. The summed E-state index contributed by atoms with van der Waals surface area (Å²) in [5.41, 5.74) is 1.98. The van der Waals surface area contributed by atoms with Gasteiger partial charge < -0.3 is 9.72 Å². The van der Waals surface area contributed by atoms with Gasteiger partial charge in [-0.1, -0.05) is 36.4 Å². The standard InChI is InChI=1S/C18H17NO4S/c1-23-18(20)11-15-14-9-5-6-10-16(14)19-17(15)12-24(21,22)13-7-3-2-4-8-13/h2-10,19H,11-12H2,1H3.